The average Bonchev–Trinajstić information content (AvgIpc) is 2.70. The summed E-state index contributed by atoms with van der Waals surface area (Å²) in [5.74, 6) is -0.481. The molecule has 2 aromatic carbocycles. The Morgan fingerprint density at radius 2 is 1.65 bits per heavy atom. The van der Waals surface area contributed by atoms with Gasteiger partial charge in [0.05, 0.1) is 5.56 Å². The summed E-state index contributed by atoms with van der Waals surface area (Å²) in [5.41, 5.74) is 0.826. The number of aryl methyl sites for hydroxylation is 1. The fourth-order valence-electron chi connectivity index (χ4n) is 3.53. The summed E-state index contributed by atoms with van der Waals surface area (Å²) >= 11 is 0. The summed E-state index contributed by atoms with van der Waals surface area (Å²) in [6.45, 7) is 8.71. The Bertz CT molecular complexity index is 919. The minimum atomic E-state index is -4.32. The van der Waals surface area contributed by atoms with E-state index in [2.05, 4.69) is 9.80 Å². The van der Waals surface area contributed by atoms with Gasteiger partial charge in [-0.1, -0.05) is 12.1 Å². The molecule has 31 heavy (non-hydrogen) atoms. The minimum absolute atomic E-state index is 0.545. The van der Waals surface area contributed by atoms with Crippen LogP contribution in [0.1, 0.15) is 30.5 Å². The molecule has 0 aliphatic carbocycles. The molecular weight excluding hydrogens is 409 g/mol. The predicted molar refractivity (Wildman–Crippen MR) is 112 cm³/mol. The van der Waals surface area contributed by atoms with Crippen LogP contribution in [0.25, 0.3) is 0 Å². The molecule has 3 rings (SSSR count). The molecule has 0 unspecified atom stereocenters. The van der Waals surface area contributed by atoms with Crippen LogP contribution in [0.5, 0.6) is 5.75 Å². The predicted octanol–water partition coefficient (Wildman–Crippen LogP) is 4.58. The summed E-state index contributed by atoms with van der Waals surface area (Å²) in [4.78, 5) is 15.6. The van der Waals surface area contributed by atoms with Gasteiger partial charge in [0.15, 0.2) is 5.60 Å². The first kappa shape index (κ1) is 22.9. The summed E-state index contributed by atoms with van der Waals surface area (Å²) in [5, 5.41) is 9.23. The number of halogens is 3. The van der Waals surface area contributed by atoms with Crippen molar-refractivity contribution < 1.29 is 27.8 Å². The van der Waals surface area contributed by atoms with E-state index in [0.29, 0.717) is 5.75 Å². The van der Waals surface area contributed by atoms with E-state index in [1.54, 1.807) is 6.07 Å². The second-order valence-electron chi connectivity index (χ2n) is 8.33. The SMILES string of the molecule is Cc1cc(CN2CCN(c3ccc(C(F)(F)F)cc3)CC2)ccc1OC(C)(C)C(=O)O. The highest BCUT2D eigenvalue weighted by Gasteiger charge is 2.31. The van der Waals surface area contributed by atoms with Crippen molar-refractivity contribution in [3.63, 3.8) is 0 Å². The maximum atomic E-state index is 12.7. The third-order valence-corrected chi connectivity index (χ3v) is 5.46. The molecular formula is C23H27F3N2O3. The zero-order chi connectivity index (χ0) is 22.8. The van der Waals surface area contributed by atoms with Crippen LogP contribution in [0.4, 0.5) is 18.9 Å². The molecule has 0 atom stereocenters. The second kappa shape index (κ2) is 8.78. The molecule has 168 valence electrons. The second-order valence-corrected chi connectivity index (χ2v) is 8.33. The van der Waals surface area contributed by atoms with Crippen LogP contribution in [0.2, 0.25) is 0 Å². The van der Waals surface area contributed by atoms with Gasteiger partial charge in [0.1, 0.15) is 5.75 Å². The molecule has 1 aliphatic heterocycles. The molecule has 5 nitrogen and oxygen atoms in total. The molecule has 8 heteroatoms. The molecule has 1 aliphatic rings. The van der Waals surface area contributed by atoms with E-state index in [0.717, 1.165) is 61.7 Å². The number of carboxylic acids is 1. The van der Waals surface area contributed by atoms with E-state index < -0.39 is 23.3 Å². The molecule has 0 aromatic heterocycles. The van der Waals surface area contributed by atoms with E-state index in [1.807, 2.05) is 19.1 Å². The van der Waals surface area contributed by atoms with Gasteiger partial charge >= 0.3 is 12.1 Å². The number of benzene rings is 2. The fourth-order valence-corrected chi connectivity index (χ4v) is 3.53. The Hall–Kier alpha value is -2.74. The lowest BCUT2D eigenvalue weighted by Crippen LogP contribution is -2.46. The Balaban J connectivity index is 1.56. The molecule has 1 N–H and O–H groups in total. The Labute approximate surface area is 180 Å². The molecule has 0 radical (unpaired) electrons. The van der Waals surface area contributed by atoms with Crippen LogP contribution < -0.4 is 9.64 Å². The van der Waals surface area contributed by atoms with Gasteiger partial charge in [-0.05, 0) is 62.2 Å². The highest BCUT2D eigenvalue weighted by atomic mass is 19.4. The standard InChI is InChI=1S/C23H27F3N2O3/c1-16-14-17(4-9-20(16)31-22(2,3)21(29)30)15-27-10-12-28(13-11-27)19-7-5-18(6-8-19)23(24,25)26/h4-9,14H,10-13,15H2,1-3H3,(H,29,30). The third-order valence-electron chi connectivity index (χ3n) is 5.46. The van der Waals surface area contributed by atoms with Crippen molar-refractivity contribution in [2.24, 2.45) is 0 Å². The van der Waals surface area contributed by atoms with Gasteiger partial charge in [-0.25, -0.2) is 4.79 Å². The van der Waals surface area contributed by atoms with Crippen LogP contribution >= 0.6 is 0 Å². The normalized spacial score (nSPS) is 15.7. The smallest absolute Gasteiger partial charge is 0.416 e. The van der Waals surface area contributed by atoms with E-state index in [-0.39, 0.29) is 0 Å². The van der Waals surface area contributed by atoms with Crippen molar-refractivity contribution in [2.75, 3.05) is 31.1 Å². The van der Waals surface area contributed by atoms with Crippen LogP contribution in [0, 0.1) is 6.92 Å². The zero-order valence-corrected chi connectivity index (χ0v) is 17.9. The van der Waals surface area contributed by atoms with Crippen LogP contribution in [-0.2, 0) is 17.5 Å². The molecule has 0 bridgehead atoms. The van der Waals surface area contributed by atoms with Crippen LogP contribution in [0.3, 0.4) is 0 Å². The lowest BCUT2D eigenvalue weighted by atomic mass is 10.1. The first-order valence-electron chi connectivity index (χ1n) is 10.1. The van der Waals surface area contributed by atoms with E-state index in [4.69, 9.17) is 4.74 Å². The monoisotopic (exact) mass is 436 g/mol. The Kier molecular flexibility index (Phi) is 6.50. The van der Waals surface area contributed by atoms with Crippen molar-refractivity contribution >= 4 is 11.7 Å². The summed E-state index contributed by atoms with van der Waals surface area (Å²) in [6, 6.07) is 11.0. The average molecular weight is 436 g/mol. The van der Waals surface area contributed by atoms with Crippen molar-refractivity contribution in [3.8, 4) is 5.75 Å². The highest BCUT2D eigenvalue weighted by Crippen LogP contribution is 2.31. The first-order chi connectivity index (χ1) is 14.5. The number of anilines is 1. The van der Waals surface area contributed by atoms with Crippen molar-refractivity contribution in [2.45, 2.75) is 39.1 Å². The molecule has 2 aromatic rings. The summed E-state index contributed by atoms with van der Waals surface area (Å²) < 4.78 is 43.8. The Morgan fingerprint density at radius 3 is 2.16 bits per heavy atom. The van der Waals surface area contributed by atoms with Crippen LogP contribution in [-0.4, -0.2) is 47.8 Å². The number of carbonyl (C=O) groups is 1. The number of alkyl halides is 3. The number of nitrogens with zero attached hydrogens (tertiary/aromatic N) is 2. The number of piperazine rings is 1. The topological polar surface area (TPSA) is 53.0 Å². The fraction of sp³-hybridized carbons (Fsp3) is 0.435. The van der Waals surface area contributed by atoms with Gasteiger partial charge in [0.2, 0.25) is 0 Å². The Morgan fingerprint density at radius 1 is 1.03 bits per heavy atom. The van der Waals surface area contributed by atoms with Crippen molar-refractivity contribution in [1.82, 2.24) is 4.90 Å². The van der Waals surface area contributed by atoms with Crippen molar-refractivity contribution in [3.05, 3.63) is 59.2 Å². The van der Waals surface area contributed by atoms with Gasteiger partial charge in [0.25, 0.3) is 0 Å². The van der Waals surface area contributed by atoms with Gasteiger partial charge in [-0.3, -0.25) is 4.90 Å². The number of hydrogen-bond acceptors (Lipinski definition) is 4. The number of rotatable bonds is 6. The summed E-state index contributed by atoms with van der Waals surface area (Å²) in [7, 11) is 0. The van der Waals surface area contributed by atoms with Gasteiger partial charge in [0, 0.05) is 38.4 Å². The molecule has 1 heterocycles. The number of aliphatic carboxylic acids is 1. The van der Waals surface area contributed by atoms with E-state index in [1.165, 1.54) is 26.0 Å². The van der Waals surface area contributed by atoms with Gasteiger partial charge in [-0.15, -0.1) is 0 Å². The zero-order valence-electron chi connectivity index (χ0n) is 17.9. The maximum Gasteiger partial charge on any atom is 0.416 e. The quantitative estimate of drug-likeness (QED) is 0.719. The maximum absolute atomic E-state index is 12.7. The lowest BCUT2D eigenvalue weighted by molar-refractivity contribution is -0.152. The largest absolute Gasteiger partial charge is 0.478 e. The highest BCUT2D eigenvalue weighted by molar-refractivity contribution is 5.76. The van der Waals surface area contributed by atoms with Gasteiger partial charge < -0.3 is 14.7 Å². The number of carboxylic acid groups (broad SMARTS) is 1. The molecule has 0 amide bonds. The van der Waals surface area contributed by atoms with Crippen LogP contribution in [0.15, 0.2) is 42.5 Å². The van der Waals surface area contributed by atoms with Crippen molar-refractivity contribution in [1.29, 1.82) is 0 Å². The molecule has 0 spiro atoms. The summed E-state index contributed by atoms with van der Waals surface area (Å²) in [6.07, 6.45) is -4.32. The molecule has 1 fully saturated rings. The first-order valence-corrected chi connectivity index (χ1v) is 10.1. The third kappa shape index (κ3) is 5.70. The number of hydrogen-bond donors (Lipinski definition) is 1. The lowest BCUT2D eigenvalue weighted by Gasteiger charge is -2.36. The van der Waals surface area contributed by atoms with E-state index in [9.17, 15) is 23.1 Å². The van der Waals surface area contributed by atoms with Gasteiger partial charge in [-0.2, -0.15) is 13.2 Å². The van der Waals surface area contributed by atoms with E-state index >= 15 is 0 Å². The molecule has 1 saturated heterocycles. The molecule has 0 saturated carbocycles. The minimum Gasteiger partial charge on any atom is -0.478 e. The number of ether oxygens (including phenoxy) is 1.